The average molecular weight is 151 g/mol. The van der Waals surface area contributed by atoms with Gasteiger partial charge in [-0.15, -0.1) is 0 Å². The highest BCUT2D eigenvalue weighted by Crippen LogP contribution is 2.14. The van der Waals surface area contributed by atoms with E-state index in [0.29, 0.717) is 13.0 Å². The Hall–Kier alpha value is -1.51. The molecule has 0 saturated heterocycles. The van der Waals surface area contributed by atoms with E-state index in [1.807, 2.05) is 6.07 Å². The summed E-state index contributed by atoms with van der Waals surface area (Å²) >= 11 is 0. The molecule has 0 aromatic heterocycles. The van der Waals surface area contributed by atoms with Crippen LogP contribution >= 0.6 is 0 Å². The number of aromatic hydroxyl groups is 1. The molecule has 2 N–H and O–H groups in total. The number of phenols is 1. The van der Waals surface area contributed by atoms with Crippen molar-refractivity contribution in [2.24, 2.45) is 0 Å². The summed E-state index contributed by atoms with van der Waals surface area (Å²) in [4.78, 5) is 9.90. The smallest absolute Gasteiger partial charge is 0.207 e. The van der Waals surface area contributed by atoms with Gasteiger partial charge < -0.3 is 10.4 Å². The number of phenolic OH excluding ortho intramolecular Hbond substituents is 1. The minimum Gasteiger partial charge on any atom is -0.508 e. The molecule has 0 aliphatic heterocycles. The van der Waals surface area contributed by atoms with E-state index in [1.54, 1.807) is 18.2 Å². The molecule has 1 aromatic rings. The number of hydrogen-bond donors (Lipinski definition) is 2. The second kappa shape index (κ2) is 3.61. The first-order valence-electron chi connectivity index (χ1n) is 3.28. The molecule has 0 aliphatic carbocycles. The maximum atomic E-state index is 9.90. The summed E-state index contributed by atoms with van der Waals surface area (Å²) in [6, 6.07) is 6.88. The van der Waals surface area contributed by atoms with E-state index in [-0.39, 0.29) is 5.75 Å². The monoisotopic (exact) mass is 151 g/mol. The quantitative estimate of drug-likeness (QED) is 0.623. The van der Waals surface area contributed by atoms with Crippen LogP contribution < -0.4 is 5.32 Å². The fourth-order valence-electron chi connectivity index (χ4n) is 0.812. The van der Waals surface area contributed by atoms with Crippen molar-refractivity contribution in [3.63, 3.8) is 0 Å². The Kier molecular flexibility index (Phi) is 2.49. The zero-order chi connectivity index (χ0) is 8.10. The maximum Gasteiger partial charge on any atom is 0.207 e. The highest BCUT2D eigenvalue weighted by molar-refractivity contribution is 5.47. The first kappa shape index (κ1) is 7.60. The second-order valence-corrected chi connectivity index (χ2v) is 2.13. The fourth-order valence-corrected chi connectivity index (χ4v) is 0.812. The minimum atomic E-state index is 0.210. The molecule has 3 nitrogen and oxygen atoms in total. The first-order chi connectivity index (χ1) is 5.34. The van der Waals surface area contributed by atoms with E-state index in [4.69, 9.17) is 0 Å². The molecule has 58 valence electrons. The predicted octanol–water partition coefficient (Wildman–Crippen LogP) is 0.638. The molecule has 11 heavy (non-hydrogen) atoms. The van der Waals surface area contributed by atoms with Crippen molar-refractivity contribution in [1.82, 2.24) is 5.32 Å². The summed E-state index contributed by atoms with van der Waals surface area (Å²) in [5, 5.41) is 11.6. The lowest BCUT2D eigenvalue weighted by Crippen LogP contribution is -2.09. The number of carbonyl (C=O) groups excluding carboxylic acids is 1. The molecule has 1 aromatic carbocycles. The lowest BCUT2D eigenvalue weighted by molar-refractivity contribution is -0.109. The molecule has 0 saturated carbocycles. The van der Waals surface area contributed by atoms with Crippen molar-refractivity contribution >= 4 is 6.41 Å². The van der Waals surface area contributed by atoms with Gasteiger partial charge in [0.25, 0.3) is 0 Å². The Balaban J connectivity index is 2.69. The molecule has 1 amide bonds. The summed E-state index contributed by atoms with van der Waals surface area (Å²) < 4.78 is 0. The Bertz CT molecular complexity index is 248. The molecule has 0 radical (unpaired) electrons. The van der Waals surface area contributed by atoms with Gasteiger partial charge in [0.05, 0.1) is 0 Å². The lowest BCUT2D eigenvalue weighted by Gasteiger charge is -2.01. The molecule has 0 spiro atoms. The van der Waals surface area contributed by atoms with E-state index in [9.17, 15) is 9.90 Å². The van der Waals surface area contributed by atoms with E-state index in [2.05, 4.69) is 5.32 Å². The number of amides is 1. The zero-order valence-electron chi connectivity index (χ0n) is 5.95. The maximum absolute atomic E-state index is 9.90. The Morgan fingerprint density at radius 3 is 2.82 bits per heavy atom. The van der Waals surface area contributed by atoms with Gasteiger partial charge in [0, 0.05) is 12.1 Å². The largest absolute Gasteiger partial charge is 0.508 e. The molecule has 0 fully saturated rings. The number of rotatable bonds is 3. The van der Waals surface area contributed by atoms with Crippen LogP contribution in [0.25, 0.3) is 0 Å². The van der Waals surface area contributed by atoms with Crippen LogP contribution in [0.4, 0.5) is 0 Å². The molecule has 0 bridgehead atoms. The topological polar surface area (TPSA) is 49.3 Å². The standard InChI is InChI=1S/C8H9NO2/c10-6-9-5-7-3-1-2-4-8(7)11/h1-4,6,11H,5H2,(H,9,10). The number of nitrogens with one attached hydrogen (secondary N) is 1. The van der Waals surface area contributed by atoms with Crippen molar-refractivity contribution in [3.8, 4) is 5.75 Å². The molecule has 0 heterocycles. The molecule has 1 rings (SSSR count). The lowest BCUT2D eigenvalue weighted by atomic mass is 10.2. The number of para-hydroxylation sites is 1. The van der Waals surface area contributed by atoms with Gasteiger partial charge in [-0.2, -0.15) is 0 Å². The SMILES string of the molecule is O=CNCc1ccccc1O. The average Bonchev–Trinajstić information content (AvgIpc) is 2.03. The number of carbonyl (C=O) groups is 1. The van der Waals surface area contributed by atoms with E-state index < -0.39 is 0 Å². The summed E-state index contributed by atoms with van der Waals surface area (Å²) in [6.45, 7) is 0.371. The van der Waals surface area contributed by atoms with Crippen LogP contribution in [0.3, 0.4) is 0 Å². The van der Waals surface area contributed by atoms with Gasteiger partial charge in [0.1, 0.15) is 5.75 Å². The van der Waals surface area contributed by atoms with Gasteiger partial charge in [-0.1, -0.05) is 18.2 Å². The van der Waals surface area contributed by atoms with E-state index in [0.717, 1.165) is 5.56 Å². The summed E-state index contributed by atoms with van der Waals surface area (Å²) in [6.07, 6.45) is 0.604. The normalized spacial score (nSPS) is 9.09. The first-order valence-corrected chi connectivity index (χ1v) is 3.28. The van der Waals surface area contributed by atoms with Gasteiger partial charge in [-0.25, -0.2) is 0 Å². The summed E-state index contributed by atoms with van der Waals surface area (Å²) in [5.41, 5.74) is 0.722. The zero-order valence-corrected chi connectivity index (χ0v) is 5.95. The highest BCUT2D eigenvalue weighted by atomic mass is 16.3. The number of benzene rings is 1. The molecule has 0 unspecified atom stereocenters. The predicted molar refractivity (Wildman–Crippen MR) is 41.0 cm³/mol. The fraction of sp³-hybridized carbons (Fsp3) is 0.125. The van der Waals surface area contributed by atoms with Crippen LogP contribution in [0.2, 0.25) is 0 Å². The van der Waals surface area contributed by atoms with Gasteiger partial charge in [-0.3, -0.25) is 4.79 Å². The van der Waals surface area contributed by atoms with E-state index >= 15 is 0 Å². The Labute approximate surface area is 64.7 Å². The third-order valence-corrected chi connectivity index (χ3v) is 1.37. The van der Waals surface area contributed by atoms with Gasteiger partial charge in [-0.05, 0) is 6.07 Å². The molecular weight excluding hydrogens is 142 g/mol. The summed E-state index contributed by atoms with van der Waals surface area (Å²) in [7, 11) is 0. The minimum absolute atomic E-state index is 0.210. The molecule has 0 atom stereocenters. The van der Waals surface area contributed by atoms with Crippen molar-refractivity contribution in [2.45, 2.75) is 6.54 Å². The van der Waals surface area contributed by atoms with Crippen LogP contribution in [0, 0.1) is 0 Å². The van der Waals surface area contributed by atoms with Crippen LogP contribution in [-0.4, -0.2) is 11.5 Å². The number of hydrogen-bond acceptors (Lipinski definition) is 2. The second-order valence-electron chi connectivity index (χ2n) is 2.13. The third kappa shape index (κ3) is 1.97. The van der Waals surface area contributed by atoms with E-state index in [1.165, 1.54) is 0 Å². The van der Waals surface area contributed by atoms with Crippen molar-refractivity contribution in [3.05, 3.63) is 29.8 Å². The molecule has 3 heteroatoms. The van der Waals surface area contributed by atoms with Crippen molar-refractivity contribution < 1.29 is 9.90 Å². The van der Waals surface area contributed by atoms with Gasteiger partial charge in [0.2, 0.25) is 6.41 Å². The van der Waals surface area contributed by atoms with Gasteiger partial charge in [0.15, 0.2) is 0 Å². The van der Waals surface area contributed by atoms with Crippen molar-refractivity contribution in [1.29, 1.82) is 0 Å². The summed E-state index contributed by atoms with van der Waals surface area (Å²) in [5.74, 6) is 0.210. The van der Waals surface area contributed by atoms with Crippen LogP contribution in [0.15, 0.2) is 24.3 Å². The third-order valence-electron chi connectivity index (χ3n) is 1.37. The molecule has 0 aliphatic rings. The molecular formula is C8H9NO2. The Morgan fingerprint density at radius 1 is 1.45 bits per heavy atom. The van der Waals surface area contributed by atoms with Gasteiger partial charge >= 0.3 is 0 Å². The van der Waals surface area contributed by atoms with Crippen LogP contribution in [0.1, 0.15) is 5.56 Å². The highest BCUT2D eigenvalue weighted by Gasteiger charge is 1.95. The van der Waals surface area contributed by atoms with Crippen LogP contribution in [-0.2, 0) is 11.3 Å². The van der Waals surface area contributed by atoms with Crippen molar-refractivity contribution in [2.75, 3.05) is 0 Å². The van der Waals surface area contributed by atoms with Crippen LogP contribution in [0.5, 0.6) is 5.75 Å². The Morgan fingerprint density at radius 2 is 2.18 bits per heavy atom.